The number of benzene rings is 1. The van der Waals surface area contributed by atoms with Gasteiger partial charge in [0.15, 0.2) is 0 Å². The van der Waals surface area contributed by atoms with E-state index in [9.17, 15) is 4.79 Å². The number of nitrogens with zero attached hydrogens (tertiary/aromatic N) is 1. The molecule has 0 aromatic heterocycles. The van der Waals surface area contributed by atoms with Crippen molar-refractivity contribution in [3.63, 3.8) is 0 Å². The summed E-state index contributed by atoms with van der Waals surface area (Å²) in [5, 5.41) is 3.15. The van der Waals surface area contributed by atoms with E-state index in [0.717, 1.165) is 26.1 Å². The highest BCUT2D eigenvalue weighted by Gasteiger charge is 2.17. The Morgan fingerprint density at radius 3 is 2.53 bits per heavy atom. The minimum atomic E-state index is 0.181. The normalized spacial score (nSPS) is 17.4. The highest BCUT2D eigenvalue weighted by atomic mass is 16.2. The summed E-state index contributed by atoms with van der Waals surface area (Å²) in [6.45, 7) is 9.63. The van der Waals surface area contributed by atoms with E-state index in [1.54, 1.807) is 0 Å². The molecule has 1 amide bonds. The van der Waals surface area contributed by atoms with Crippen LogP contribution in [-0.4, -0.2) is 30.4 Å². The highest BCUT2D eigenvalue weighted by molar-refractivity contribution is 5.78. The Bertz CT molecular complexity index is 431. The monoisotopic (exact) mass is 260 g/mol. The molecule has 0 unspecified atom stereocenters. The maximum atomic E-state index is 11.9. The number of hydrogen-bond acceptors (Lipinski definition) is 2. The number of rotatable bonds is 2. The number of nitrogens with one attached hydrogen (secondary N) is 1. The van der Waals surface area contributed by atoms with Crippen LogP contribution in [0.3, 0.4) is 0 Å². The minimum Gasteiger partial charge on any atom is -0.337 e. The molecule has 2 rings (SSSR count). The molecule has 104 valence electrons. The zero-order valence-corrected chi connectivity index (χ0v) is 12.2. The van der Waals surface area contributed by atoms with Crippen molar-refractivity contribution in [3.05, 3.63) is 35.4 Å². The zero-order valence-electron chi connectivity index (χ0n) is 12.2. The van der Waals surface area contributed by atoms with E-state index < -0.39 is 0 Å². The SMILES string of the molecule is CC(C)(C)c1ccc(CN2CCCNCC2=O)cc1. The van der Waals surface area contributed by atoms with Crippen LogP contribution in [0.2, 0.25) is 0 Å². The van der Waals surface area contributed by atoms with Gasteiger partial charge in [0.05, 0.1) is 6.54 Å². The van der Waals surface area contributed by atoms with Crippen LogP contribution in [0, 0.1) is 0 Å². The van der Waals surface area contributed by atoms with Crippen molar-refractivity contribution in [1.82, 2.24) is 10.2 Å². The molecule has 19 heavy (non-hydrogen) atoms. The Kier molecular flexibility index (Phi) is 4.25. The second kappa shape index (κ2) is 5.74. The average molecular weight is 260 g/mol. The standard InChI is InChI=1S/C16H24N2O/c1-16(2,3)14-7-5-13(6-8-14)12-18-10-4-9-17-11-15(18)19/h5-8,17H,4,9-12H2,1-3H3. The predicted octanol–water partition coefficient (Wildman–Crippen LogP) is 2.31. The van der Waals surface area contributed by atoms with Gasteiger partial charge in [-0.3, -0.25) is 4.79 Å². The van der Waals surface area contributed by atoms with Gasteiger partial charge >= 0.3 is 0 Å². The molecule has 1 heterocycles. The molecule has 0 atom stereocenters. The van der Waals surface area contributed by atoms with Crippen LogP contribution in [0.1, 0.15) is 38.3 Å². The molecule has 0 spiro atoms. The number of amides is 1. The van der Waals surface area contributed by atoms with Crippen LogP contribution in [0.25, 0.3) is 0 Å². The highest BCUT2D eigenvalue weighted by Crippen LogP contribution is 2.22. The van der Waals surface area contributed by atoms with Crippen molar-refractivity contribution in [2.45, 2.75) is 39.2 Å². The Morgan fingerprint density at radius 2 is 1.89 bits per heavy atom. The van der Waals surface area contributed by atoms with Crippen LogP contribution in [0.4, 0.5) is 0 Å². The molecule has 1 aliphatic rings. The second-order valence-electron chi connectivity index (χ2n) is 6.29. The first-order valence-electron chi connectivity index (χ1n) is 7.05. The summed E-state index contributed by atoms with van der Waals surface area (Å²) in [4.78, 5) is 13.9. The fourth-order valence-electron chi connectivity index (χ4n) is 2.32. The van der Waals surface area contributed by atoms with Crippen molar-refractivity contribution in [3.8, 4) is 0 Å². The molecule has 3 heteroatoms. The lowest BCUT2D eigenvalue weighted by Crippen LogP contribution is -2.34. The molecular weight excluding hydrogens is 236 g/mol. The third-order valence-electron chi connectivity index (χ3n) is 3.60. The van der Waals surface area contributed by atoms with Gasteiger partial charge in [-0.1, -0.05) is 45.0 Å². The zero-order chi connectivity index (χ0) is 13.9. The van der Waals surface area contributed by atoms with E-state index >= 15 is 0 Å². The predicted molar refractivity (Wildman–Crippen MR) is 78.0 cm³/mol. The minimum absolute atomic E-state index is 0.181. The first-order valence-corrected chi connectivity index (χ1v) is 7.05. The van der Waals surface area contributed by atoms with E-state index in [1.165, 1.54) is 11.1 Å². The summed E-state index contributed by atoms with van der Waals surface area (Å²) in [7, 11) is 0. The molecule has 0 saturated carbocycles. The van der Waals surface area contributed by atoms with Gasteiger partial charge in [0, 0.05) is 13.1 Å². The van der Waals surface area contributed by atoms with Gasteiger partial charge in [0.2, 0.25) is 5.91 Å². The Hall–Kier alpha value is -1.35. The largest absolute Gasteiger partial charge is 0.337 e. The molecule has 0 aliphatic carbocycles. The first-order chi connectivity index (χ1) is 8.97. The Labute approximate surface area is 116 Å². The molecule has 1 aromatic carbocycles. The van der Waals surface area contributed by atoms with Gasteiger partial charge in [-0.15, -0.1) is 0 Å². The lowest BCUT2D eigenvalue weighted by Gasteiger charge is -2.22. The molecule has 0 bridgehead atoms. The summed E-state index contributed by atoms with van der Waals surface area (Å²) in [6.07, 6.45) is 1.03. The second-order valence-corrected chi connectivity index (χ2v) is 6.29. The lowest BCUT2D eigenvalue weighted by atomic mass is 9.87. The quantitative estimate of drug-likeness (QED) is 0.885. The summed E-state index contributed by atoms with van der Waals surface area (Å²) >= 11 is 0. The van der Waals surface area contributed by atoms with E-state index in [2.05, 4.69) is 50.4 Å². The van der Waals surface area contributed by atoms with Gasteiger partial charge in [-0.2, -0.15) is 0 Å². The lowest BCUT2D eigenvalue weighted by molar-refractivity contribution is -0.130. The number of carbonyl (C=O) groups excluding carboxylic acids is 1. The number of carbonyl (C=O) groups is 1. The number of hydrogen-bond donors (Lipinski definition) is 1. The maximum absolute atomic E-state index is 11.9. The summed E-state index contributed by atoms with van der Waals surface area (Å²) in [5.74, 6) is 0.206. The molecule has 1 aromatic rings. The third kappa shape index (κ3) is 3.80. The Balaban J connectivity index is 2.04. The van der Waals surface area contributed by atoms with E-state index in [-0.39, 0.29) is 11.3 Å². The van der Waals surface area contributed by atoms with Crippen LogP contribution in [0.15, 0.2) is 24.3 Å². The molecule has 3 nitrogen and oxygen atoms in total. The van der Waals surface area contributed by atoms with Crippen LogP contribution < -0.4 is 5.32 Å². The Morgan fingerprint density at radius 1 is 1.21 bits per heavy atom. The molecule has 0 radical (unpaired) electrons. The van der Waals surface area contributed by atoms with Crippen LogP contribution >= 0.6 is 0 Å². The van der Waals surface area contributed by atoms with Crippen molar-refractivity contribution in [1.29, 1.82) is 0 Å². The average Bonchev–Trinajstić information content (AvgIpc) is 2.55. The van der Waals surface area contributed by atoms with Gasteiger partial charge in [-0.05, 0) is 29.5 Å². The van der Waals surface area contributed by atoms with Crippen LogP contribution in [-0.2, 0) is 16.8 Å². The summed E-state index contributed by atoms with van der Waals surface area (Å²) < 4.78 is 0. The first kappa shape index (κ1) is 14.1. The van der Waals surface area contributed by atoms with Gasteiger partial charge in [0.25, 0.3) is 0 Å². The fourth-order valence-corrected chi connectivity index (χ4v) is 2.32. The molecule has 1 aliphatic heterocycles. The fraction of sp³-hybridized carbons (Fsp3) is 0.562. The van der Waals surface area contributed by atoms with Crippen molar-refractivity contribution in [2.24, 2.45) is 0 Å². The summed E-state index contributed by atoms with van der Waals surface area (Å²) in [5.41, 5.74) is 2.73. The van der Waals surface area contributed by atoms with Crippen molar-refractivity contribution >= 4 is 5.91 Å². The van der Waals surface area contributed by atoms with Gasteiger partial charge in [0.1, 0.15) is 0 Å². The van der Waals surface area contributed by atoms with E-state index in [0.29, 0.717) is 6.54 Å². The maximum Gasteiger partial charge on any atom is 0.236 e. The van der Waals surface area contributed by atoms with Crippen molar-refractivity contribution in [2.75, 3.05) is 19.6 Å². The van der Waals surface area contributed by atoms with Gasteiger partial charge < -0.3 is 10.2 Å². The third-order valence-corrected chi connectivity index (χ3v) is 3.60. The van der Waals surface area contributed by atoms with E-state index in [4.69, 9.17) is 0 Å². The topological polar surface area (TPSA) is 32.3 Å². The van der Waals surface area contributed by atoms with Gasteiger partial charge in [-0.25, -0.2) is 0 Å². The van der Waals surface area contributed by atoms with Crippen LogP contribution in [0.5, 0.6) is 0 Å². The molecule has 1 N–H and O–H groups in total. The van der Waals surface area contributed by atoms with Crippen molar-refractivity contribution < 1.29 is 4.79 Å². The molecular formula is C16H24N2O. The smallest absolute Gasteiger partial charge is 0.236 e. The summed E-state index contributed by atoms with van der Waals surface area (Å²) in [6, 6.07) is 8.64. The van der Waals surface area contributed by atoms with E-state index in [1.807, 2.05) is 4.90 Å². The molecule has 1 saturated heterocycles. The molecule has 1 fully saturated rings.